The van der Waals surface area contributed by atoms with Gasteiger partial charge in [0.1, 0.15) is 13.2 Å². The lowest BCUT2D eigenvalue weighted by Crippen LogP contribution is -2.22. The first-order valence-corrected chi connectivity index (χ1v) is 5.81. The van der Waals surface area contributed by atoms with Gasteiger partial charge in [-0.25, -0.2) is 0 Å². The van der Waals surface area contributed by atoms with Crippen LogP contribution in [0.3, 0.4) is 0 Å². The minimum Gasteiger partial charge on any atom is -0.486 e. The lowest BCUT2D eigenvalue weighted by Gasteiger charge is -2.19. The van der Waals surface area contributed by atoms with E-state index < -0.39 is 6.10 Å². The fourth-order valence-corrected chi connectivity index (χ4v) is 1.68. The molecule has 0 radical (unpaired) electrons. The van der Waals surface area contributed by atoms with Crippen LogP contribution in [0.5, 0.6) is 11.5 Å². The lowest BCUT2D eigenvalue weighted by atomic mass is 10.2. The molecule has 1 unspecified atom stereocenters. The Labute approximate surface area is 101 Å². The van der Waals surface area contributed by atoms with Gasteiger partial charge in [-0.2, -0.15) is 0 Å². The second kappa shape index (κ2) is 5.75. The Bertz CT molecular complexity index is 371. The minimum absolute atomic E-state index is 0.423. The van der Waals surface area contributed by atoms with Crippen LogP contribution in [0.15, 0.2) is 18.2 Å². The van der Waals surface area contributed by atoms with Gasteiger partial charge in [0.2, 0.25) is 0 Å². The van der Waals surface area contributed by atoms with Crippen molar-refractivity contribution in [3.63, 3.8) is 0 Å². The summed E-state index contributed by atoms with van der Waals surface area (Å²) in [4.78, 5) is 0. The van der Waals surface area contributed by atoms with Gasteiger partial charge in [0.05, 0.1) is 6.10 Å². The number of fused-ring (bicyclic) bond motifs is 1. The maximum Gasteiger partial charge on any atom is 0.163 e. The number of rotatable bonds is 5. The number of anilines is 1. The van der Waals surface area contributed by atoms with Crippen LogP contribution in [-0.2, 0) is 0 Å². The summed E-state index contributed by atoms with van der Waals surface area (Å²) in [6.07, 6.45) is 0.172. The molecule has 1 heterocycles. The van der Waals surface area contributed by atoms with E-state index >= 15 is 0 Å². The van der Waals surface area contributed by atoms with Crippen LogP contribution < -0.4 is 20.5 Å². The molecule has 2 rings (SSSR count). The molecule has 0 spiro atoms. The van der Waals surface area contributed by atoms with Crippen LogP contribution in [0.25, 0.3) is 0 Å². The van der Waals surface area contributed by atoms with Crippen molar-refractivity contribution < 1.29 is 14.6 Å². The van der Waals surface area contributed by atoms with E-state index in [4.69, 9.17) is 15.2 Å². The summed E-state index contributed by atoms with van der Waals surface area (Å²) in [7, 11) is 0. The fourth-order valence-electron chi connectivity index (χ4n) is 1.68. The summed E-state index contributed by atoms with van der Waals surface area (Å²) in [5.41, 5.74) is 6.27. The highest BCUT2D eigenvalue weighted by atomic mass is 16.6. The third-order valence-electron chi connectivity index (χ3n) is 2.58. The van der Waals surface area contributed by atoms with E-state index in [1.54, 1.807) is 0 Å². The minimum atomic E-state index is -0.423. The van der Waals surface area contributed by atoms with Crippen LogP contribution in [0.1, 0.15) is 6.42 Å². The quantitative estimate of drug-likeness (QED) is 0.699. The Morgan fingerprint density at radius 2 is 2.06 bits per heavy atom. The van der Waals surface area contributed by atoms with Gasteiger partial charge >= 0.3 is 0 Å². The molecule has 0 saturated carbocycles. The molecule has 0 bridgehead atoms. The van der Waals surface area contributed by atoms with Gasteiger partial charge in [-0.1, -0.05) is 0 Å². The van der Waals surface area contributed by atoms with Gasteiger partial charge in [-0.15, -0.1) is 0 Å². The highest BCUT2D eigenvalue weighted by Gasteiger charge is 2.11. The Balaban J connectivity index is 1.93. The topological polar surface area (TPSA) is 76.7 Å². The van der Waals surface area contributed by atoms with Crippen molar-refractivity contribution in [3.8, 4) is 11.5 Å². The van der Waals surface area contributed by atoms with Gasteiger partial charge in [0.25, 0.3) is 0 Å². The average Bonchev–Trinajstić information content (AvgIpc) is 2.36. The number of aliphatic hydroxyl groups excluding tert-OH is 1. The van der Waals surface area contributed by atoms with Gasteiger partial charge in [-0.05, 0) is 25.1 Å². The largest absolute Gasteiger partial charge is 0.486 e. The maximum atomic E-state index is 9.55. The molecule has 0 aromatic heterocycles. The molecule has 0 amide bonds. The zero-order chi connectivity index (χ0) is 12.1. The summed E-state index contributed by atoms with van der Waals surface area (Å²) >= 11 is 0. The summed E-state index contributed by atoms with van der Waals surface area (Å²) in [5, 5.41) is 12.7. The average molecular weight is 238 g/mol. The highest BCUT2D eigenvalue weighted by Crippen LogP contribution is 2.32. The van der Waals surface area contributed by atoms with Crippen LogP contribution >= 0.6 is 0 Å². The molecule has 5 nitrogen and oxygen atoms in total. The number of hydrogen-bond donors (Lipinski definition) is 3. The molecule has 94 valence electrons. The van der Waals surface area contributed by atoms with E-state index in [0.717, 1.165) is 17.2 Å². The first kappa shape index (κ1) is 12.0. The monoisotopic (exact) mass is 238 g/mol. The van der Waals surface area contributed by atoms with Crippen molar-refractivity contribution >= 4 is 5.69 Å². The van der Waals surface area contributed by atoms with Crippen LogP contribution in [0.2, 0.25) is 0 Å². The molecule has 5 heteroatoms. The molecule has 0 saturated heterocycles. The Hall–Kier alpha value is -1.46. The second-order valence-electron chi connectivity index (χ2n) is 3.97. The van der Waals surface area contributed by atoms with E-state index in [-0.39, 0.29) is 0 Å². The molecule has 1 aromatic carbocycles. The standard InChI is InChI=1S/C12H18N2O3/c13-4-3-10(15)8-14-9-1-2-11-12(7-9)17-6-5-16-11/h1-2,7,10,14-15H,3-6,8,13H2. The van der Waals surface area contributed by atoms with Crippen molar-refractivity contribution in [2.24, 2.45) is 5.73 Å². The molecule has 0 aliphatic carbocycles. The van der Waals surface area contributed by atoms with E-state index in [9.17, 15) is 5.11 Å². The SMILES string of the molecule is NCCC(O)CNc1ccc2c(c1)OCCO2. The van der Waals surface area contributed by atoms with Gasteiger partial charge in [0, 0.05) is 18.3 Å². The molecule has 17 heavy (non-hydrogen) atoms. The number of ether oxygens (including phenoxy) is 2. The van der Waals surface area contributed by atoms with E-state index in [2.05, 4.69) is 5.32 Å². The van der Waals surface area contributed by atoms with Gasteiger partial charge < -0.3 is 25.6 Å². The predicted molar refractivity (Wildman–Crippen MR) is 65.6 cm³/mol. The predicted octanol–water partition coefficient (Wildman–Crippen LogP) is 0.579. The maximum absolute atomic E-state index is 9.55. The highest BCUT2D eigenvalue weighted by molar-refractivity contribution is 5.55. The first-order valence-electron chi connectivity index (χ1n) is 5.81. The number of hydrogen-bond acceptors (Lipinski definition) is 5. The van der Waals surface area contributed by atoms with Crippen molar-refractivity contribution in [1.82, 2.24) is 0 Å². The number of benzene rings is 1. The fraction of sp³-hybridized carbons (Fsp3) is 0.500. The molecular formula is C12H18N2O3. The van der Waals surface area contributed by atoms with E-state index in [0.29, 0.717) is 32.7 Å². The summed E-state index contributed by atoms with van der Waals surface area (Å²) < 4.78 is 10.9. The van der Waals surface area contributed by atoms with Crippen LogP contribution in [0.4, 0.5) is 5.69 Å². The van der Waals surface area contributed by atoms with Gasteiger partial charge in [-0.3, -0.25) is 0 Å². The van der Waals surface area contributed by atoms with Crippen molar-refractivity contribution in [3.05, 3.63) is 18.2 Å². The molecule has 1 aliphatic rings. The summed E-state index contributed by atoms with van der Waals surface area (Å²) in [5.74, 6) is 1.51. The zero-order valence-corrected chi connectivity index (χ0v) is 9.69. The van der Waals surface area contributed by atoms with Crippen molar-refractivity contribution in [2.75, 3.05) is 31.6 Å². The third-order valence-corrected chi connectivity index (χ3v) is 2.58. The molecule has 1 aliphatic heterocycles. The third kappa shape index (κ3) is 3.25. The number of aliphatic hydroxyl groups is 1. The van der Waals surface area contributed by atoms with Crippen molar-refractivity contribution in [1.29, 1.82) is 0 Å². The molecule has 1 atom stereocenters. The second-order valence-corrected chi connectivity index (χ2v) is 3.97. The molecule has 1 aromatic rings. The molecule has 0 fully saturated rings. The van der Waals surface area contributed by atoms with E-state index in [1.807, 2.05) is 18.2 Å². The Morgan fingerprint density at radius 3 is 2.82 bits per heavy atom. The smallest absolute Gasteiger partial charge is 0.163 e. The molecule has 4 N–H and O–H groups in total. The number of nitrogens with one attached hydrogen (secondary N) is 1. The molecular weight excluding hydrogens is 220 g/mol. The summed E-state index contributed by atoms with van der Waals surface area (Å²) in [6, 6.07) is 5.65. The van der Waals surface area contributed by atoms with E-state index in [1.165, 1.54) is 0 Å². The first-order chi connectivity index (χ1) is 8.29. The lowest BCUT2D eigenvalue weighted by molar-refractivity contribution is 0.171. The zero-order valence-electron chi connectivity index (χ0n) is 9.69. The Kier molecular flexibility index (Phi) is 4.06. The number of nitrogens with two attached hydrogens (primary N) is 1. The Morgan fingerprint density at radius 1 is 1.29 bits per heavy atom. The van der Waals surface area contributed by atoms with Crippen LogP contribution in [-0.4, -0.2) is 37.5 Å². The van der Waals surface area contributed by atoms with Crippen LogP contribution in [0, 0.1) is 0 Å². The summed E-state index contributed by atoms with van der Waals surface area (Å²) in [6.45, 7) is 2.14. The normalized spacial score (nSPS) is 15.4. The van der Waals surface area contributed by atoms with Crippen molar-refractivity contribution in [2.45, 2.75) is 12.5 Å². The van der Waals surface area contributed by atoms with Gasteiger partial charge in [0.15, 0.2) is 11.5 Å².